The second-order valence-electron chi connectivity index (χ2n) is 6.34. The van der Waals surface area contributed by atoms with Crippen LogP contribution in [-0.4, -0.2) is 34.1 Å². The maximum Gasteiger partial charge on any atom is 0.162 e. The van der Waals surface area contributed by atoms with Crippen LogP contribution in [-0.2, 0) is 21.9 Å². The first-order valence-corrected chi connectivity index (χ1v) is 10.1. The highest BCUT2D eigenvalue weighted by Gasteiger charge is 2.20. The van der Waals surface area contributed by atoms with Crippen molar-refractivity contribution in [3.05, 3.63) is 47.8 Å². The van der Waals surface area contributed by atoms with Gasteiger partial charge in [-0.2, -0.15) is 0 Å². The van der Waals surface area contributed by atoms with Crippen LogP contribution < -0.4 is 9.47 Å². The molecule has 4 rings (SSSR count). The number of aromatic nitrogens is 2. The van der Waals surface area contributed by atoms with Gasteiger partial charge in [0.25, 0.3) is 0 Å². The lowest BCUT2D eigenvalue weighted by Gasteiger charge is -2.19. The standard InChI is InChI=1S/C19H19N3O3S/c1-24-17-8-15-16(9-18(17)25-2)21-11-22-19(15)13-4-3-12-5-6-26(20,23)10-14(12)7-13/h3-4,7-9,11,20H,5-6,10H2,1-2H3. The molecule has 7 heteroatoms. The Balaban J connectivity index is 1.90. The van der Waals surface area contributed by atoms with Gasteiger partial charge in [0, 0.05) is 32.5 Å². The molecule has 1 aromatic heterocycles. The lowest BCUT2D eigenvalue weighted by molar-refractivity contribution is 0.356. The number of methoxy groups -OCH3 is 2. The van der Waals surface area contributed by atoms with E-state index >= 15 is 0 Å². The summed E-state index contributed by atoms with van der Waals surface area (Å²) >= 11 is 0. The highest BCUT2D eigenvalue weighted by Crippen LogP contribution is 2.36. The zero-order valence-electron chi connectivity index (χ0n) is 14.6. The molecule has 0 radical (unpaired) electrons. The smallest absolute Gasteiger partial charge is 0.162 e. The summed E-state index contributed by atoms with van der Waals surface area (Å²) in [7, 11) is 0.659. The third-order valence-corrected chi connectivity index (χ3v) is 6.35. The summed E-state index contributed by atoms with van der Waals surface area (Å²) in [4.78, 5) is 8.81. The van der Waals surface area contributed by atoms with Gasteiger partial charge in [0.1, 0.15) is 6.33 Å². The number of ether oxygens (including phenoxy) is 2. The Hall–Kier alpha value is -2.67. The topological polar surface area (TPSA) is 85.2 Å². The lowest BCUT2D eigenvalue weighted by atomic mass is 9.99. The van der Waals surface area contributed by atoms with Gasteiger partial charge in [-0.15, -0.1) is 0 Å². The molecule has 1 atom stereocenters. The SMILES string of the molecule is COc1cc2ncnc(-c3ccc4c(c3)CS(=N)(=O)CC4)c2cc1OC. The highest BCUT2D eigenvalue weighted by molar-refractivity contribution is 7.91. The van der Waals surface area contributed by atoms with E-state index in [2.05, 4.69) is 9.97 Å². The fourth-order valence-electron chi connectivity index (χ4n) is 3.36. The van der Waals surface area contributed by atoms with Crippen LogP contribution >= 0.6 is 0 Å². The Labute approximate surface area is 152 Å². The van der Waals surface area contributed by atoms with Crippen LogP contribution in [0.25, 0.3) is 22.2 Å². The van der Waals surface area contributed by atoms with Crippen molar-refractivity contribution in [3.63, 3.8) is 0 Å². The molecule has 1 unspecified atom stereocenters. The number of nitrogens with one attached hydrogen (secondary N) is 1. The van der Waals surface area contributed by atoms with Crippen molar-refractivity contribution in [2.45, 2.75) is 12.2 Å². The number of hydrogen-bond donors (Lipinski definition) is 1. The third-order valence-electron chi connectivity index (χ3n) is 4.71. The molecule has 134 valence electrons. The molecule has 0 bridgehead atoms. The summed E-state index contributed by atoms with van der Waals surface area (Å²) in [6.45, 7) is 0. The van der Waals surface area contributed by atoms with Crippen LogP contribution in [0.5, 0.6) is 11.5 Å². The molecular weight excluding hydrogens is 350 g/mol. The van der Waals surface area contributed by atoms with Gasteiger partial charge in [0.2, 0.25) is 0 Å². The zero-order valence-corrected chi connectivity index (χ0v) is 15.4. The number of aryl methyl sites for hydroxylation is 1. The normalized spacial score (nSPS) is 19.2. The van der Waals surface area contributed by atoms with Crippen LogP contribution in [0.3, 0.4) is 0 Å². The highest BCUT2D eigenvalue weighted by atomic mass is 32.2. The van der Waals surface area contributed by atoms with Crippen molar-refractivity contribution in [1.29, 1.82) is 4.78 Å². The van der Waals surface area contributed by atoms with Gasteiger partial charge in [-0.05, 0) is 29.7 Å². The van der Waals surface area contributed by atoms with Gasteiger partial charge in [0.15, 0.2) is 11.5 Å². The quantitative estimate of drug-likeness (QED) is 0.765. The monoisotopic (exact) mass is 369 g/mol. The Morgan fingerprint density at radius 3 is 2.58 bits per heavy atom. The van der Waals surface area contributed by atoms with Crippen LogP contribution in [0.15, 0.2) is 36.7 Å². The van der Waals surface area contributed by atoms with Gasteiger partial charge >= 0.3 is 0 Å². The molecule has 26 heavy (non-hydrogen) atoms. The summed E-state index contributed by atoms with van der Waals surface area (Å²) in [5.74, 6) is 1.97. The van der Waals surface area contributed by atoms with Crippen LogP contribution in [0.4, 0.5) is 0 Å². The summed E-state index contributed by atoms with van der Waals surface area (Å²) in [5.41, 5.74) is 4.59. The number of rotatable bonds is 3. The van der Waals surface area contributed by atoms with Gasteiger partial charge in [0.05, 0.1) is 31.2 Å². The molecule has 0 fully saturated rings. The fraction of sp³-hybridized carbons (Fsp3) is 0.263. The summed E-state index contributed by atoms with van der Waals surface area (Å²) in [6, 6.07) is 9.77. The molecule has 2 aromatic carbocycles. The van der Waals surface area contributed by atoms with E-state index in [9.17, 15) is 4.21 Å². The average Bonchev–Trinajstić information content (AvgIpc) is 2.65. The summed E-state index contributed by atoms with van der Waals surface area (Å²) in [6.07, 6.45) is 2.21. The Bertz CT molecular complexity index is 1110. The molecule has 0 spiro atoms. The molecule has 6 nitrogen and oxygen atoms in total. The second kappa shape index (κ2) is 6.25. The van der Waals surface area contributed by atoms with E-state index in [-0.39, 0.29) is 0 Å². The van der Waals surface area contributed by atoms with Crippen molar-refractivity contribution in [3.8, 4) is 22.8 Å². The Morgan fingerprint density at radius 1 is 1.04 bits per heavy atom. The number of nitrogens with zero attached hydrogens (tertiary/aromatic N) is 2. The van der Waals surface area contributed by atoms with E-state index in [1.165, 1.54) is 6.33 Å². The molecule has 2 heterocycles. The van der Waals surface area contributed by atoms with Crippen molar-refractivity contribution in [2.75, 3.05) is 20.0 Å². The minimum Gasteiger partial charge on any atom is -0.493 e. The first kappa shape index (κ1) is 16.8. The molecular formula is C19H19N3O3S. The molecule has 3 aromatic rings. The number of benzene rings is 2. The van der Waals surface area contributed by atoms with E-state index in [1.807, 2.05) is 30.3 Å². The Morgan fingerprint density at radius 2 is 1.81 bits per heavy atom. The van der Waals surface area contributed by atoms with Crippen LogP contribution in [0, 0.1) is 4.78 Å². The molecule has 0 saturated carbocycles. The van der Waals surface area contributed by atoms with Crippen molar-refractivity contribution < 1.29 is 13.7 Å². The van der Waals surface area contributed by atoms with Crippen molar-refractivity contribution in [1.82, 2.24) is 9.97 Å². The predicted octanol–water partition coefficient (Wildman–Crippen LogP) is 3.42. The van der Waals surface area contributed by atoms with Gasteiger partial charge < -0.3 is 9.47 Å². The van der Waals surface area contributed by atoms with E-state index in [1.54, 1.807) is 14.2 Å². The second-order valence-corrected chi connectivity index (χ2v) is 8.66. The minimum absolute atomic E-state index is 0.302. The molecule has 1 aliphatic rings. The zero-order chi connectivity index (χ0) is 18.3. The maximum absolute atomic E-state index is 12.2. The van der Waals surface area contributed by atoms with E-state index in [4.69, 9.17) is 14.3 Å². The molecule has 0 aliphatic carbocycles. The first-order valence-electron chi connectivity index (χ1n) is 8.24. The van der Waals surface area contributed by atoms with E-state index in [0.29, 0.717) is 29.4 Å². The molecule has 0 amide bonds. The van der Waals surface area contributed by atoms with E-state index in [0.717, 1.165) is 33.3 Å². The molecule has 1 N–H and O–H groups in total. The van der Waals surface area contributed by atoms with Crippen molar-refractivity contribution >= 4 is 20.6 Å². The first-order chi connectivity index (χ1) is 12.5. The van der Waals surface area contributed by atoms with Crippen LogP contribution in [0.1, 0.15) is 11.1 Å². The van der Waals surface area contributed by atoms with Gasteiger partial charge in [-0.1, -0.05) is 12.1 Å². The Kier molecular flexibility index (Phi) is 4.03. The third kappa shape index (κ3) is 2.88. The summed E-state index contributed by atoms with van der Waals surface area (Å²) in [5, 5.41) is 0.854. The number of hydrogen-bond acceptors (Lipinski definition) is 6. The number of fused-ring (bicyclic) bond motifs is 2. The molecule has 0 saturated heterocycles. The largest absolute Gasteiger partial charge is 0.493 e. The fourth-order valence-corrected chi connectivity index (χ4v) is 4.83. The van der Waals surface area contributed by atoms with Crippen LogP contribution in [0.2, 0.25) is 0 Å². The van der Waals surface area contributed by atoms with E-state index < -0.39 is 9.73 Å². The maximum atomic E-state index is 12.2. The molecule has 1 aliphatic heterocycles. The summed E-state index contributed by atoms with van der Waals surface area (Å²) < 4.78 is 30.9. The van der Waals surface area contributed by atoms with Crippen molar-refractivity contribution in [2.24, 2.45) is 0 Å². The lowest BCUT2D eigenvalue weighted by Crippen LogP contribution is -2.17. The van der Waals surface area contributed by atoms with Gasteiger partial charge in [-0.25, -0.2) is 14.2 Å². The average molecular weight is 369 g/mol. The predicted molar refractivity (Wildman–Crippen MR) is 101 cm³/mol. The van der Waals surface area contributed by atoms with Gasteiger partial charge in [-0.3, -0.25) is 4.78 Å². The minimum atomic E-state index is -2.53.